The zero-order chi connectivity index (χ0) is 38.9. The standard InChI is InChI=1S/C54H37NOSSi2/c1-4-16-37(17-5-1)38-28-31-43-44-32-29-40(35-46(44)56-45(43)34-38)55(39-18-6-2-7-19-39)41-30-33-50-54(36-41)59(51-25-13-10-22-47(51)57-48-23-11-14-26-52(48)59)53-27-15-12-24-49(53)58(50)42-20-8-3-9-21-42/h1-36,58H. The molecule has 0 aliphatic carbocycles. The van der Waals surface area contributed by atoms with Crippen molar-refractivity contribution in [3.63, 3.8) is 0 Å². The van der Waals surface area contributed by atoms with E-state index in [1.165, 1.54) is 46.5 Å². The van der Waals surface area contributed by atoms with E-state index in [0.29, 0.717) is 0 Å². The molecule has 9 aromatic carbocycles. The highest BCUT2D eigenvalue weighted by Crippen LogP contribution is 2.40. The number of fused-ring (bicyclic) bond motifs is 11. The Morgan fingerprint density at radius 1 is 0.390 bits per heavy atom. The molecule has 0 saturated carbocycles. The minimum Gasteiger partial charge on any atom is -0.456 e. The molecule has 3 heterocycles. The molecule has 0 saturated heterocycles. The van der Waals surface area contributed by atoms with Gasteiger partial charge in [-0.3, -0.25) is 0 Å². The maximum absolute atomic E-state index is 6.72. The van der Waals surface area contributed by atoms with Crippen LogP contribution < -0.4 is 41.2 Å². The summed E-state index contributed by atoms with van der Waals surface area (Å²) in [5, 5.41) is 12.8. The zero-order valence-corrected chi connectivity index (χ0v) is 35.1. The smallest absolute Gasteiger partial charge is 0.181 e. The Labute approximate surface area is 350 Å². The predicted molar refractivity (Wildman–Crippen MR) is 254 cm³/mol. The van der Waals surface area contributed by atoms with E-state index in [9.17, 15) is 0 Å². The summed E-state index contributed by atoms with van der Waals surface area (Å²) < 4.78 is 6.72. The fourth-order valence-corrected chi connectivity index (χ4v) is 22.4. The van der Waals surface area contributed by atoms with Crippen LogP contribution in [-0.4, -0.2) is 16.9 Å². The van der Waals surface area contributed by atoms with Crippen molar-refractivity contribution in [1.82, 2.24) is 0 Å². The SMILES string of the molecule is c1ccc(-c2ccc3c(c2)oc2cc(N(c4ccccc4)c4ccc5c(c4)[Si]4(c6ccccc6Sc6ccccc64)c4ccccc4[SiH]5c4ccccc4)ccc23)cc1. The maximum Gasteiger partial charge on any atom is 0.181 e. The van der Waals surface area contributed by atoms with Gasteiger partial charge in [-0.2, -0.15) is 0 Å². The van der Waals surface area contributed by atoms with Gasteiger partial charge in [-0.25, -0.2) is 0 Å². The molecule has 1 aromatic heterocycles. The first kappa shape index (κ1) is 34.4. The number of anilines is 3. The number of hydrogen-bond acceptors (Lipinski definition) is 3. The summed E-state index contributed by atoms with van der Waals surface area (Å²) in [6, 6.07) is 81.5. The van der Waals surface area contributed by atoms with Gasteiger partial charge in [0, 0.05) is 43.7 Å². The van der Waals surface area contributed by atoms with E-state index >= 15 is 0 Å². The molecule has 5 heteroatoms. The first-order valence-corrected chi connectivity index (χ1v) is 24.8. The summed E-state index contributed by atoms with van der Waals surface area (Å²) >= 11 is 1.93. The largest absolute Gasteiger partial charge is 0.456 e. The van der Waals surface area contributed by atoms with Gasteiger partial charge in [0.2, 0.25) is 0 Å². The fraction of sp³-hybridized carbons (Fsp3) is 0. The van der Waals surface area contributed by atoms with E-state index in [-0.39, 0.29) is 0 Å². The number of furan rings is 1. The second-order valence-electron chi connectivity index (χ2n) is 15.6. The second-order valence-corrected chi connectivity index (χ2v) is 23.1. The number of para-hydroxylation sites is 1. The van der Waals surface area contributed by atoms with Crippen LogP contribution >= 0.6 is 11.8 Å². The molecule has 12 rings (SSSR count). The average Bonchev–Trinajstić information content (AvgIpc) is 3.67. The van der Waals surface area contributed by atoms with E-state index in [4.69, 9.17) is 4.42 Å². The van der Waals surface area contributed by atoms with Gasteiger partial charge < -0.3 is 9.32 Å². The average molecular weight is 804 g/mol. The number of nitrogens with zero attached hydrogens (tertiary/aromatic N) is 1. The van der Waals surface area contributed by atoms with E-state index in [2.05, 4.69) is 223 Å². The van der Waals surface area contributed by atoms with Crippen LogP contribution in [0.5, 0.6) is 0 Å². The molecular weight excluding hydrogens is 767 g/mol. The summed E-state index contributed by atoms with van der Waals surface area (Å²) in [6.45, 7) is 0. The lowest BCUT2D eigenvalue weighted by Crippen LogP contribution is -2.87. The molecule has 59 heavy (non-hydrogen) atoms. The van der Waals surface area contributed by atoms with Crippen LogP contribution in [0, 0.1) is 0 Å². The molecule has 1 unspecified atom stereocenters. The quantitative estimate of drug-likeness (QED) is 0.162. The van der Waals surface area contributed by atoms with Crippen molar-refractivity contribution in [2.24, 2.45) is 0 Å². The van der Waals surface area contributed by atoms with Crippen molar-refractivity contribution in [1.29, 1.82) is 0 Å². The Kier molecular flexibility index (Phi) is 8.02. The van der Waals surface area contributed by atoms with Crippen LogP contribution in [0.15, 0.2) is 233 Å². The van der Waals surface area contributed by atoms with E-state index in [1.54, 1.807) is 5.19 Å². The third kappa shape index (κ3) is 5.32. The summed E-state index contributed by atoms with van der Waals surface area (Å²) in [5.41, 5.74) is 7.43. The molecule has 10 aromatic rings. The van der Waals surface area contributed by atoms with E-state index in [1.807, 2.05) is 11.8 Å². The zero-order valence-electron chi connectivity index (χ0n) is 32.1. The van der Waals surface area contributed by atoms with Gasteiger partial charge in [0.15, 0.2) is 8.07 Å². The van der Waals surface area contributed by atoms with Crippen LogP contribution in [0.2, 0.25) is 0 Å². The van der Waals surface area contributed by atoms with Crippen molar-refractivity contribution in [3.05, 3.63) is 218 Å². The van der Waals surface area contributed by atoms with E-state index < -0.39 is 16.9 Å². The normalized spacial score (nSPS) is 14.7. The minimum absolute atomic E-state index is 0.880. The van der Waals surface area contributed by atoms with Crippen molar-refractivity contribution >= 4 is 104 Å². The molecule has 2 aliphatic rings. The van der Waals surface area contributed by atoms with Gasteiger partial charge >= 0.3 is 0 Å². The Bertz CT molecular complexity index is 3170. The number of hydrogen-bond donors (Lipinski definition) is 0. The second kappa shape index (κ2) is 13.7. The molecule has 1 spiro atoms. The lowest BCUT2D eigenvalue weighted by atomic mass is 10.0. The molecule has 0 radical (unpaired) electrons. The van der Waals surface area contributed by atoms with Gasteiger partial charge in [0.1, 0.15) is 20.0 Å². The summed E-state index contributed by atoms with van der Waals surface area (Å²) in [7, 11) is -4.73. The molecule has 0 bridgehead atoms. The summed E-state index contributed by atoms with van der Waals surface area (Å²) in [4.78, 5) is 5.17. The summed E-state index contributed by atoms with van der Waals surface area (Å²) in [5.74, 6) is 0. The van der Waals surface area contributed by atoms with Gasteiger partial charge in [0.25, 0.3) is 0 Å². The minimum atomic E-state index is -2.84. The Balaban J connectivity index is 1.12. The molecule has 1 atom stereocenters. The van der Waals surface area contributed by atoms with Crippen LogP contribution in [-0.2, 0) is 0 Å². The molecule has 0 fully saturated rings. The molecule has 0 N–H and O–H groups in total. The monoisotopic (exact) mass is 803 g/mol. The van der Waals surface area contributed by atoms with Crippen LogP contribution in [0.3, 0.4) is 0 Å². The highest BCUT2D eigenvalue weighted by Gasteiger charge is 2.53. The van der Waals surface area contributed by atoms with Gasteiger partial charge in [-0.1, -0.05) is 179 Å². The molecule has 0 amide bonds. The molecule has 278 valence electrons. The van der Waals surface area contributed by atoms with Gasteiger partial charge in [0.05, 0.1) is 0 Å². The highest BCUT2D eigenvalue weighted by molar-refractivity contribution is 8.00. The van der Waals surface area contributed by atoms with Gasteiger partial charge in [-0.15, -0.1) is 0 Å². The van der Waals surface area contributed by atoms with Gasteiger partial charge in [-0.05, 0) is 92.5 Å². The highest BCUT2D eigenvalue weighted by atomic mass is 32.2. The third-order valence-electron chi connectivity index (χ3n) is 12.5. The van der Waals surface area contributed by atoms with Crippen molar-refractivity contribution in [2.45, 2.75) is 9.79 Å². The van der Waals surface area contributed by atoms with E-state index in [0.717, 1.165) is 44.6 Å². The molecular formula is C54H37NOSSi2. The van der Waals surface area contributed by atoms with Crippen LogP contribution in [0.25, 0.3) is 33.1 Å². The number of rotatable bonds is 5. The topological polar surface area (TPSA) is 16.4 Å². The Morgan fingerprint density at radius 3 is 1.66 bits per heavy atom. The molecule has 2 aliphatic heterocycles. The maximum atomic E-state index is 6.72. The first-order valence-electron chi connectivity index (χ1n) is 20.3. The molecule has 2 nitrogen and oxygen atoms in total. The Hall–Kier alpha value is -6.64. The van der Waals surface area contributed by atoms with Crippen molar-refractivity contribution in [3.8, 4) is 11.1 Å². The Morgan fingerprint density at radius 2 is 0.932 bits per heavy atom. The summed E-state index contributed by atoms with van der Waals surface area (Å²) in [6.07, 6.45) is 0. The third-order valence-corrected chi connectivity index (χ3v) is 22.8. The lowest BCUT2D eigenvalue weighted by molar-refractivity contribution is 0.669. The fourth-order valence-electron chi connectivity index (χ4n) is 9.98. The van der Waals surface area contributed by atoms with Crippen molar-refractivity contribution < 1.29 is 4.42 Å². The predicted octanol–water partition coefficient (Wildman–Crippen LogP) is 9.13. The van der Waals surface area contributed by atoms with Crippen molar-refractivity contribution in [2.75, 3.05) is 4.90 Å². The lowest BCUT2D eigenvalue weighted by Gasteiger charge is -2.46. The first-order chi connectivity index (χ1) is 29.3. The van der Waals surface area contributed by atoms with Crippen LogP contribution in [0.4, 0.5) is 17.1 Å². The van der Waals surface area contributed by atoms with Crippen LogP contribution in [0.1, 0.15) is 0 Å². The number of benzene rings is 9.